The van der Waals surface area contributed by atoms with Gasteiger partial charge in [0.1, 0.15) is 5.82 Å². The van der Waals surface area contributed by atoms with Crippen molar-refractivity contribution in [3.05, 3.63) is 71.8 Å². The monoisotopic (exact) mass is 589 g/mol. The number of carboxylic acids is 1. The van der Waals surface area contributed by atoms with Crippen molar-refractivity contribution in [2.24, 2.45) is 11.7 Å². The summed E-state index contributed by atoms with van der Waals surface area (Å²) >= 11 is 0. The third-order valence-corrected chi connectivity index (χ3v) is 8.26. The van der Waals surface area contributed by atoms with Crippen LogP contribution in [0.3, 0.4) is 0 Å². The third kappa shape index (κ3) is 6.73. The predicted octanol–water partition coefficient (Wildman–Crippen LogP) is 3.61. The van der Waals surface area contributed by atoms with Crippen LogP contribution < -0.4 is 24.8 Å². The SMILES string of the molecule is CCCCN(C(=O)CN1CC(c2cc(OC)c3c(c2)OCO3)C(C(=O)O)C1CCc1ncccn1)c1cccc(CN)c1. The first-order valence-electron chi connectivity index (χ1n) is 14.7. The van der Waals surface area contributed by atoms with Crippen LogP contribution in [0.15, 0.2) is 54.9 Å². The van der Waals surface area contributed by atoms with E-state index in [9.17, 15) is 14.7 Å². The average Bonchev–Trinajstić information content (AvgIpc) is 3.65. The number of hydrogen-bond donors (Lipinski definition) is 2. The molecule has 0 bridgehead atoms. The van der Waals surface area contributed by atoms with Crippen molar-refractivity contribution in [3.63, 3.8) is 0 Å². The lowest BCUT2D eigenvalue weighted by molar-refractivity contribution is -0.143. The lowest BCUT2D eigenvalue weighted by Crippen LogP contribution is -2.44. The van der Waals surface area contributed by atoms with E-state index in [1.807, 2.05) is 41.3 Å². The molecule has 1 amide bonds. The van der Waals surface area contributed by atoms with Crippen molar-refractivity contribution >= 4 is 17.6 Å². The molecule has 228 valence electrons. The van der Waals surface area contributed by atoms with Crippen LogP contribution in [-0.4, -0.2) is 71.4 Å². The number of aliphatic carboxylic acids is 1. The van der Waals surface area contributed by atoms with E-state index < -0.39 is 23.8 Å². The van der Waals surface area contributed by atoms with Crippen LogP contribution in [0.25, 0.3) is 0 Å². The van der Waals surface area contributed by atoms with Gasteiger partial charge in [0.2, 0.25) is 18.4 Å². The number of likely N-dealkylation sites (tertiary alicyclic amines) is 1. The maximum absolute atomic E-state index is 14.0. The minimum absolute atomic E-state index is 0.0683. The van der Waals surface area contributed by atoms with Crippen molar-refractivity contribution in [1.82, 2.24) is 14.9 Å². The highest BCUT2D eigenvalue weighted by molar-refractivity contribution is 5.95. The second kappa shape index (κ2) is 13.8. The van der Waals surface area contributed by atoms with Gasteiger partial charge in [-0.3, -0.25) is 14.5 Å². The zero-order chi connectivity index (χ0) is 30.3. The molecular formula is C32H39N5O6. The summed E-state index contributed by atoms with van der Waals surface area (Å²) in [6.07, 6.45) is 6.08. The van der Waals surface area contributed by atoms with Gasteiger partial charge in [-0.25, -0.2) is 9.97 Å². The minimum atomic E-state index is -0.922. The summed E-state index contributed by atoms with van der Waals surface area (Å²) in [6, 6.07) is 12.7. The van der Waals surface area contributed by atoms with Crippen LogP contribution in [0, 0.1) is 5.92 Å². The quantitative estimate of drug-likeness (QED) is 0.304. The molecule has 3 N–H and O–H groups in total. The average molecular weight is 590 g/mol. The molecule has 1 saturated heterocycles. The summed E-state index contributed by atoms with van der Waals surface area (Å²) in [7, 11) is 1.54. The first-order valence-corrected chi connectivity index (χ1v) is 14.7. The maximum atomic E-state index is 14.0. The smallest absolute Gasteiger partial charge is 0.308 e. The molecule has 2 aliphatic rings. The van der Waals surface area contributed by atoms with E-state index in [1.54, 1.807) is 30.5 Å². The van der Waals surface area contributed by atoms with Crippen LogP contribution in [0.4, 0.5) is 5.69 Å². The Labute approximate surface area is 251 Å². The van der Waals surface area contributed by atoms with Gasteiger partial charge in [-0.05, 0) is 54.3 Å². The fourth-order valence-corrected chi connectivity index (χ4v) is 6.11. The first kappa shape index (κ1) is 30.2. The molecule has 3 heterocycles. The number of carbonyl (C=O) groups is 2. The van der Waals surface area contributed by atoms with Gasteiger partial charge in [-0.2, -0.15) is 0 Å². The van der Waals surface area contributed by atoms with Crippen molar-refractivity contribution in [2.45, 2.75) is 51.1 Å². The number of unbranched alkanes of at least 4 members (excludes halogenated alkanes) is 1. The van der Waals surface area contributed by atoms with Crippen molar-refractivity contribution in [1.29, 1.82) is 0 Å². The highest BCUT2D eigenvalue weighted by Gasteiger charge is 2.47. The molecule has 0 saturated carbocycles. The number of hydrogen-bond acceptors (Lipinski definition) is 9. The number of rotatable bonds is 13. The molecule has 3 aromatic rings. The predicted molar refractivity (Wildman–Crippen MR) is 160 cm³/mol. The number of anilines is 1. The third-order valence-electron chi connectivity index (χ3n) is 8.26. The Hall–Kier alpha value is -4.22. The second-order valence-corrected chi connectivity index (χ2v) is 10.9. The summed E-state index contributed by atoms with van der Waals surface area (Å²) in [4.78, 5) is 39.5. The van der Waals surface area contributed by atoms with Crippen LogP contribution >= 0.6 is 0 Å². The molecule has 3 atom stereocenters. The number of aryl methyl sites for hydroxylation is 1. The molecule has 0 spiro atoms. The van der Waals surface area contributed by atoms with Gasteiger partial charge in [0, 0.05) is 56.1 Å². The number of benzene rings is 2. The molecule has 0 radical (unpaired) electrons. The Morgan fingerprint density at radius 2 is 1.98 bits per heavy atom. The van der Waals surface area contributed by atoms with E-state index >= 15 is 0 Å². The van der Waals surface area contributed by atoms with E-state index in [0.29, 0.717) is 55.5 Å². The zero-order valence-corrected chi connectivity index (χ0v) is 24.6. The Kier molecular flexibility index (Phi) is 9.73. The highest BCUT2D eigenvalue weighted by atomic mass is 16.7. The van der Waals surface area contributed by atoms with E-state index in [4.69, 9.17) is 19.9 Å². The molecule has 3 unspecified atom stereocenters. The Bertz CT molecular complexity index is 1420. The standard InChI is InChI=1S/C32H39N5O6/c1-3-4-13-37(23-8-5-7-21(14-23)17-33)29(38)19-36-18-24(22-15-26(41-2)31-27(16-22)42-20-43-31)30(32(39)40)25(36)9-10-28-34-11-6-12-35-28/h5-8,11-12,14-16,24-25,30H,3-4,9-10,13,17-20,33H2,1-2H3,(H,39,40). The first-order chi connectivity index (χ1) is 20.9. The highest BCUT2D eigenvalue weighted by Crippen LogP contribution is 2.47. The number of carboxylic acid groups (broad SMARTS) is 1. The Morgan fingerprint density at radius 3 is 2.70 bits per heavy atom. The van der Waals surface area contributed by atoms with Crippen molar-refractivity contribution in [3.8, 4) is 17.2 Å². The summed E-state index contributed by atoms with van der Waals surface area (Å²) in [5, 5.41) is 10.6. The Morgan fingerprint density at radius 1 is 1.16 bits per heavy atom. The lowest BCUT2D eigenvalue weighted by atomic mass is 9.83. The second-order valence-electron chi connectivity index (χ2n) is 10.9. The van der Waals surface area contributed by atoms with Crippen LogP contribution in [0.2, 0.25) is 0 Å². The fraction of sp³-hybridized carbons (Fsp3) is 0.438. The van der Waals surface area contributed by atoms with E-state index in [-0.39, 0.29) is 19.2 Å². The number of nitrogens with zero attached hydrogens (tertiary/aromatic N) is 4. The molecule has 11 nitrogen and oxygen atoms in total. The van der Waals surface area contributed by atoms with Gasteiger partial charge < -0.3 is 30.0 Å². The lowest BCUT2D eigenvalue weighted by Gasteiger charge is -2.30. The summed E-state index contributed by atoms with van der Waals surface area (Å²) in [6.45, 7) is 3.53. The number of amides is 1. The van der Waals surface area contributed by atoms with E-state index in [1.165, 1.54) is 0 Å². The van der Waals surface area contributed by atoms with Gasteiger partial charge in [-0.15, -0.1) is 0 Å². The van der Waals surface area contributed by atoms with Crippen molar-refractivity contribution < 1.29 is 28.9 Å². The van der Waals surface area contributed by atoms with Gasteiger partial charge >= 0.3 is 5.97 Å². The van der Waals surface area contributed by atoms with Gasteiger partial charge in [0.05, 0.1) is 19.6 Å². The molecule has 43 heavy (non-hydrogen) atoms. The molecule has 1 fully saturated rings. The van der Waals surface area contributed by atoms with Gasteiger partial charge in [0.25, 0.3) is 0 Å². The van der Waals surface area contributed by atoms with Crippen molar-refractivity contribution in [2.75, 3.05) is 38.4 Å². The van der Waals surface area contributed by atoms with Crippen LogP contribution in [0.5, 0.6) is 17.2 Å². The number of fused-ring (bicyclic) bond motifs is 1. The zero-order valence-electron chi connectivity index (χ0n) is 24.6. The molecule has 0 aliphatic carbocycles. The molecule has 2 aromatic carbocycles. The molecule has 5 rings (SSSR count). The summed E-state index contributed by atoms with van der Waals surface area (Å²) in [5.41, 5.74) is 8.39. The number of ether oxygens (including phenoxy) is 3. The summed E-state index contributed by atoms with van der Waals surface area (Å²) < 4.78 is 16.8. The molecule has 2 aliphatic heterocycles. The molecular weight excluding hydrogens is 550 g/mol. The van der Waals surface area contributed by atoms with Gasteiger partial charge in [-0.1, -0.05) is 25.5 Å². The number of nitrogens with two attached hydrogens (primary N) is 1. The fourth-order valence-electron chi connectivity index (χ4n) is 6.11. The topological polar surface area (TPSA) is 140 Å². The largest absolute Gasteiger partial charge is 0.493 e. The van der Waals surface area contributed by atoms with Crippen LogP contribution in [-0.2, 0) is 22.6 Å². The normalized spacial score (nSPS) is 19.4. The van der Waals surface area contributed by atoms with E-state index in [2.05, 4.69) is 16.9 Å². The van der Waals surface area contributed by atoms with Gasteiger partial charge in [0.15, 0.2) is 11.5 Å². The number of aromatic nitrogens is 2. The molecule has 11 heteroatoms. The van der Waals surface area contributed by atoms with Crippen LogP contribution in [0.1, 0.15) is 49.1 Å². The Balaban J connectivity index is 1.47. The minimum Gasteiger partial charge on any atom is -0.493 e. The number of methoxy groups -OCH3 is 1. The maximum Gasteiger partial charge on any atom is 0.308 e. The number of carbonyl (C=O) groups excluding carboxylic acids is 1. The van der Waals surface area contributed by atoms with E-state index in [0.717, 1.165) is 29.7 Å². The summed E-state index contributed by atoms with van der Waals surface area (Å²) in [5.74, 6) is -0.0605. The molecule has 1 aromatic heterocycles.